The van der Waals surface area contributed by atoms with Crippen LogP contribution in [0.25, 0.3) is 0 Å². The van der Waals surface area contributed by atoms with Crippen LogP contribution in [0, 0.1) is 17.0 Å². The van der Waals surface area contributed by atoms with E-state index in [4.69, 9.17) is 4.74 Å². The first-order valence-corrected chi connectivity index (χ1v) is 7.92. The number of hydrazone groups is 1. The van der Waals surface area contributed by atoms with Crippen molar-refractivity contribution in [2.75, 3.05) is 7.11 Å². The molecule has 2 rings (SSSR count). The van der Waals surface area contributed by atoms with E-state index in [9.17, 15) is 29.6 Å². The van der Waals surface area contributed by atoms with Crippen molar-refractivity contribution in [3.05, 3.63) is 59.9 Å². The molecule has 28 heavy (non-hydrogen) atoms. The fourth-order valence-electron chi connectivity index (χ4n) is 2.39. The van der Waals surface area contributed by atoms with Crippen molar-refractivity contribution in [2.24, 2.45) is 5.10 Å². The maximum absolute atomic E-state index is 11.9. The van der Waals surface area contributed by atoms with Gasteiger partial charge in [-0.2, -0.15) is 5.10 Å². The lowest BCUT2D eigenvalue weighted by atomic mass is 10.1. The lowest BCUT2D eigenvalue weighted by molar-refractivity contribution is -0.385. The molecule has 1 aromatic carbocycles. The molecule has 0 unspecified atom stereocenters. The van der Waals surface area contributed by atoms with Gasteiger partial charge in [-0.3, -0.25) is 24.7 Å². The maximum atomic E-state index is 11.9. The van der Waals surface area contributed by atoms with Crippen LogP contribution >= 0.6 is 0 Å². The van der Waals surface area contributed by atoms with Crippen molar-refractivity contribution in [3.63, 3.8) is 0 Å². The van der Waals surface area contributed by atoms with Gasteiger partial charge in [0.2, 0.25) is 5.91 Å². The molecule has 2 aromatic rings. The summed E-state index contributed by atoms with van der Waals surface area (Å²) < 4.78 is 4.82. The smallest absolute Gasteiger partial charge is 0.325 e. The summed E-state index contributed by atoms with van der Waals surface area (Å²) in [4.78, 5) is 49.7. The molecule has 0 spiro atoms. The lowest BCUT2D eigenvalue weighted by Gasteiger charge is -2.05. The number of carbonyl (C=O) groups excluding carboxylic acids is 1. The summed E-state index contributed by atoms with van der Waals surface area (Å²) in [5.74, 6) is -0.954. The molecule has 0 aliphatic rings. The molecule has 0 atom stereocenters. The maximum Gasteiger partial charge on any atom is 0.325 e. The van der Waals surface area contributed by atoms with Crippen LogP contribution in [0.3, 0.4) is 0 Å². The molecule has 1 amide bonds. The van der Waals surface area contributed by atoms with E-state index in [1.807, 2.05) is 0 Å². The normalized spacial score (nSPS) is 10.8. The highest BCUT2D eigenvalue weighted by molar-refractivity contribution is 5.88. The molecule has 0 fully saturated rings. The van der Waals surface area contributed by atoms with Crippen molar-refractivity contribution < 1.29 is 19.6 Å². The number of nitro benzene ring substituents is 1. The number of nitro groups is 1. The van der Waals surface area contributed by atoms with Crippen LogP contribution in [0.4, 0.5) is 5.69 Å². The van der Waals surface area contributed by atoms with Crippen molar-refractivity contribution >= 4 is 17.8 Å². The number of ether oxygens (including phenoxy) is 1. The summed E-state index contributed by atoms with van der Waals surface area (Å²) in [6.07, 6.45) is 0.958. The van der Waals surface area contributed by atoms with Crippen LogP contribution in [0.5, 0.6) is 11.5 Å². The summed E-state index contributed by atoms with van der Waals surface area (Å²) in [5.41, 5.74) is 1.16. The molecule has 148 valence electrons. The Hall–Kier alpha value is -3.96. The molecule has 1 aromatic heterocycles. The van der Waals surface area contributed by atoms with Crippen molar-refractivity contribution in [1.29, 1.82) is 0 Å². The van der Waals surface area contributed by atoms with Crippen LogP contribution in [-0.4, -0.2) is 39.2 Å². The second-order valence-corrected chi connectivity index (χ2v) is 5.64. The number of amides is 1. The van der Waals surface area contributed by atoms with E-state index >= 15 is 0 Å². The zero-order valence-electron chi connectivity index (χ0n) is 14.9. The van der Waals surface area contributed by atoms with Crippen LogP contribution in [0.1, 0.15) is 23.2 Å². The number of phenolic OH excluding ortho intramolecular Hbond substituents is 1. The summed E-state index contributed by atoms with van der Waals surface area (Å²) in [7, 11) is 1.25. The van der Waals surface area contributed by atoms with Crippen LogP contribution in [0.2, 0.25) is 0 Å². The van der Waals surface area contributed by atoms with Gasteiger partial charge in [0.1, 0.15) is 0 Å². The van der Waals surface area contributed by atoms with E-state index in [1.54, 1.807) is 0 Å². The van der Waals surface area contributed by atoms with Gasteiger partial charge in [-0.1, -0.05) is 0 Å². The SMILES string of the molecule is COc1cc([N+](=O)[O-])c(/C=N/NC(=O)CCc2c(C)[nH]c(=O)[nH]c2=O)cc1O. The fourth-order valence-corrected chi connectivity index (χ4v) is 2.39. The predicted molar refractivity (Wildman–Crippen MR) is 97.8 cm³/mol. The number of hydrogen-bond acceptors (Lipinski definition) is 8. The van der Waals surface area contributed by atoms with Crippen LogP contribution < -0.4 is 21.4 Å². The van der Waals surface area contributed by atoms with Gasteiger partial charge in [0.25, 0.3) is 11.2 Å². The lowest BCUT2D eigenvalue weighted by Crippen LogP contribution is -2.28. The second-order valence-electron chi connectivity index (χ2n) is 5.64. The first kappa shape index (κ1) is 20.4. The number of rotatable bonds is 7. The average molecular weight is 391 g/mol. The van der Waals surface area contributed by atoms with Crippen molar-refractivity contribution in [1.82, 2.24) is 15.4 Å². The Bertz CT molecular complexity index is 1050. The largest absolute Gasteiger partial charge is 0.504 e. The standard InChI is InChI=1S/C16H17N5O7/c1-8-10(15(24)19-16(25)18-8)3-4-14(23)20-17-7-9-5-12(22)13(28-2)6-11(9)21(26)27/h5-7,22H,3-4H2,1-2H3,(H,20,23)(H2,18,19,24,25)/b17-7+. The number of carbonyl (C=O) groups is 1. The third kappa shape index (κ3) is 4.81. The number of methoxy groups -OCH3 is 1. The quantitative estimate of drug-likeness (QED) is 0.293. The van der Waals surface area contributed by atoms with E-state index in [1.165, 1.54) is 14.0 Å². The number of nitrogens with zero attached hydrogens (tertiary/aromatic N) is 2. The number of aryl methyl sites for hydroxylation is 1. The highest BCUT2D eigenvalue weighted by Gasteiger charge is 2.17. The Labute approximate surface area is 157 Å². The summed E-state index contributed by atoms with van der Waals surface area (Å²) in [6.45, 7) is 1.54. The van der Waals surface area contributed by atoms with Gasteiger partial charge < -0.3 is 14.8 Å². The molecule has 0 saturated heterocycles. The molecule has 12 heteroatoms. The van der Waals surface area contributed by atoms with Gasteiger partial charge in [-0.05, 0) is 19.4 Å². The molecule has 1 heterocycles. The number of H-pyrrole nitrogens is 2. The summed E-state index contributed by atoms with van der Waals surface area (Å²) in [6, 6.07) is 2.11. The fraction of sp³-hybridized carbons (Fsp3) is 0.250. The predicted octanol–water partition coefficient (Wildman–Crippen LogP) is 0.0769. The first-order chi connectivity index (χ1) is 13.2. The Balaban J connectivity index is 2.06. The Morgan fingerprint density at radius 2 is 2.11 bits per heavy atom. The van der Waals surface area contributed by atoms with E-state index < -0.39 is 22.1 Å². The molecule has 0 aliphatic heterocycles. The monoisotopic (exact) mass is 391 g/mol. The number of aromatic nitrogens is 2. The molecule has 4 N–H and O–H groups in total. The molecule has 0 aliphatic carbocycles. The van der Waals surface area contributed by atoms with E-state index in [-0.39, 0.29) is 41.2 Å². The number of benzene rings is 1. The van der Waals surface area contributed by atoms with Crippen LogP contribution in [-0.2, 0) is 11.2 Å². The van der Waals surface area contributed by atoms with E-state index in [0.29, 0.717) is 5.69 Å². The van der Waals surface area contributed by atoms with Crippen LogP contribution in [0.15, 0.2) is 26.8 Å². The molecule has 12 nitrogen and oxygen atoms in total. The number of phenols is 1. The molecule has 0 saturated carbocycles. The Morgan fingerprint density at radius 3 is 2.71 bits per heavy atom. The van der Waals surface area contributed by atoms with Gasteiger partial charge in [0.15, 0.2) is 11.5 Å². The summed E-state index contributed by atoms with van der Waals surface area (Å²) >= 11 is 0. The van der Waals surface area contributed by atoms with Gasteiger partial charge in [-0.15, -0.1) is 0 Å². The van der Waals surface area contributed by atoms with Crippen molar-refractivity contribution in [2.45, 2.75) is 19.8 Å². The van der Waals surface area contributed by atoms with E-state index in [0.717, 1.165) is 18.3 Å². The summed E-state index contributed by atoms with van der Waals surface area (Å²) in [5, 5.41) is 24.5. The molecular formula is C16H17N5O7. The number of hydrogen-bond donors (Lipinski definition) is 4. The zero-order chi connectivity index (χ0) is 20.8. The minimum absolute atomic E-state index is 0.0449. The zero-order valence-corrected chi connectivity index (χ0v) is 14.9. The van der Waals surface area contributed by atoms with Gasteiger partial charge >= 0.3 is 5.69 Å². The second kappa shape index (κ2) is 8.62. The van der Waals surface area contributed by atoms with E-state index in [2.05, 4.69) is 20.5 Å². The Morgan fingerprint density at radius 1 is 1.39 bits per heavy atom. The van der Waals surface area contributed by atoms with Gasteiger partial charge in [0, 0.05) is 17.7 Å². The topological polar surface area (TPSA) is 180 Å². The average Bonchev–Trinajstić information content (AvgIpc) is 2.60. The third-order valence-electron chi connectivity index (χ3n) is 3.77. The number of aromatic hydroxyl groups is 1. The van der Waals surface area contributed by atoms with Crippen molar-refractivity contribution in [3.8, 4) is 11.5 Å². The number of aromatic amines is 2. The minimum Gasteiger partial charge on any atom is -0.504 e. The highest BCUT2D eigenvalue weighted by atomic mass is 16.6. The third-order valence-corrected chi connectivity index (χ3v) is 3.77. The van der Waals surface area contributed by atoms with Gasteiger partial charge in [0.05, 0.1) is 29.9 Å². The molecular weight excluding hydrogens is 374 g/mol. The first-order valence-electron chi connectivity index (χ1n) is 7.92. The molecule has 0 radical (unpaired) electrons. The van der Waals surface area contributed by atoms with Gasteiger partial charge in [-0.25, -0.2) is 10.2 Å². The molecule has 0 bridgehead atoms. The minimum atomic E-state index is -0.684. The Kier molecular flexibility index (Phi) is 6.26. The number of nitrogens with one attached hydrogen (secondary N) is 3. The highest BCUT2D eigenvalue weighted by Crippen LogP contribution is 2.32.